The highest BCUT2D eigenvalue weighted by Crippen LogP contribution is 2.38. The molecule has 0 amide bonds. The van der Waals surface area contributed by atoms with Gasteiger partial charge in [-0.05, 0) is 24.3 Å². The van der Waals surface area contributed by atoms with Crippen LogP contribution < -0.4 is 0 Å². The molecule has 1 aromatic carbocycles. The average Bonchev–Trinajstić information content (AvgIpc) is 2.38. The molecule has 1 aliphatic rings. The van der Waals surface area contributed by atoms with E-state index < -0.39 is 0 Å². The minimum absolute atomic E-state index is 0.136. The zero-order chi connectivity index (χ0) is 13.2. The van der Waals surface area contributed by atoms with Crippen molar-refractivity contribution >= 4 is 5.78 Å². The summed E-state index contributed by atoms with van der Waals surface area (Å²) in [5.74, 6) is 0.876. The highest BCUT2D eigenvalue weighted by molar-refractivity contribution is 5.87. The fraction of sp³-hybridized carbons (Fsp3) is 0.471. The molecular weight excluding hydrogens is 220 g/mol. The van der Waals surface area contributed by atoms with Crippen molar-refractivity contribution in [1.82, 2.24) is 0 Å². The molecule has 1 aliphatic carbocycles. The Kier molecular flexibility index (Phi) is 3.70. The van der Waals surface area contributed by atoms with Gasteiger partial charge in [-0.2, -0.15) is 0 Å². The Morgan fingerprint density at radius 2 is 1.67 bits per heavy atom. The third kappa shape index (κ3) is 2.72. The van der Waals surface area contributed by atoms with E-state index in [1.54, 1.807) is 0 Å². The molecule has 2 rings (SSSR count). The molecule has 18 heavy (non-hydrogen) atoms. The molecular formula is C17H22O. The van der Waals surface area contributed by atoms with Gasteiger partial charge in [0, 0.05) is 11.3 Å². The van der Waals surface area contributed by atoms with Crippen molar-refractivity contribution in [2.75, 3.05) is 0 Å². The summed E-state index contributed by atoms with van der Waals surface area (Å²) in [4.78, 5) is 12.6. The van der Waals surface area contributed by atoms with Gasteiger partial charge in [0.05, 0.1) is 0 Å². The van der Waals surface area contributed by atoms with Crippen LogP contribution in [-0.4, -0.2) is 5.78 Å². The molecule has 0 aromatic heterocycles. The molecule has 0 fully saturated rings. The zero-order valence-corrected chi connectivity index (χ0v) is 11.5. The lowest BCUT2D eigenvalue weighted by Gasteiger charge is -2.32. The van der Waals surface area contributed by atoms with Crippen molar-refractivity contribution in [2.45, 2.75) is 39.5 Å². The predicted octanol–water partition coefficient (Wildman–Crippen LogP) is 4.35. The fourth-order valence-electron chi connectivity index (χ4n) is 2.73. The molecule has 0 bridgehead atoms. The lowest BCUT2D eigenvalue weighted by Crippen LogP contribution is -2.33. The summed E-state index contributed by atoms with van der Waals surface area (Å²) in [6.07, 6.45) is 6.24. The molecule has 0 aliphatic heterocycles. The van der Waals surface area contributed by atoms with Crippen LogP contribution in [0.2, 0.25) is 0 Å². The maximum Gasteiger partial charge on any atom is 0.142 e. The maximum absolute atomic E-state index is 12.6. The second-order valence-corrected chi connectivity index (χ2v) is 6.18. The van der Waals surface area contributed by atoms with Gasteiger partial charge in [0.15, 0.2) is 0 Å². The van der Waals surface area contributed by atoms with E-state index in [-0.39, 0.29) is 11.3 Å². The molecule has 96 valence electrons. The van der Waals surface area contributed by atoms with Gasteiger partial charge < -0.3 is 0 Å². The topological polar surface area (TPSA) is 17.1 Å². The summed E-state index contributed by atoms with van der Waals surface area (Å²) in [5.41, 5.74) is 1.05. The SMILES string of the molecule is CC(C)(C)C(=O)C1CC=CC[C@@H]1c1ccccc1. The maximum atomic E-state index is 12.6. The van der Waals surface area contributed by atoms with Crippen molar-refractivity contribution in [2.24, 2.45) is 11.3 Å². The van der Waals surface area contributed by atoms with E-state index in [9.17, 15) is 4.79 Å². The number of ketones is 1. The first kappa shape index (κ1) is 13.1. The number of rotatable bonds is 2. The van der Waals surface area contributed by atoms with E-state index in [4.69, 9.17) is 0 Å². The van der Waals surface area contributed by atoms with Crippen molar-refractivity contribution in [1.29, 1.82) is 0 Å². The average molecular weight is 242 g/mol. The van der Waals surface area contributed by atoms with Gasteiger partial charge in [-0.1, -0.05) is 63.3 Å². The summed E-state index contributed by atoms with van der Waals surface area (Å²) in [5, 5.41) is 0. The molecule has 0 radical (unpaired) electrons. The minimum atomic E-state index is -0.247. The molecule has 0 N–H and O–H groups in total. The highest BCUT2D eigenvalue weighted by atomic mass is 16.1. The zero-order valence-electron chi connectivity index (χ0n) is 11.5. The number of hydrogen-bond donors (Lipinski definition) is 0. The first-order chi connectivity index (χ1) is 8.50. The standard InChI is InChI=1S/C17H22O/c1-17(2,3)16(18)15-12-8-7-11-14(15)13-9-5-4-6-10-13/h4-10,14-15H,11-12H2,1-3H3/t14-,15?/m1/s1. The quantitative estimate of drug-likeness (QED) is 0.705. The second kappa shape index (κ2) is 5.09. The lowest BCUT2D eigenvalue weighted by molar-refractivity contribution is -0.131. The van der Waals surface area contributed by atoms with Crippen molar-refractivity contribution in [3.05, 3.63) is 48.0 Å². The number of allylic oxidation sites excluding steroid dienone is 2. The third-order valence-corrected chi connectivity index (χ3v) is 3.74. The second-order valence-electron chi connectivity index (χ2n) is 6.18. The van der Waals surface area contributed by atoms with E-state index >= 15 is 0 Å². The number of carbonyl (C=O) groups is 1. The van der Waals surface area contributed by atoms with Gasteiger partial charge in [0.1, 0.15) is 5.78 Å². The largest absolute Gasteiger partial charge is 0.299 e. The first-order valence-corrected chi connectivity index (χ1v) is 6.74. The minimum Gasteiger partial charge on any atom is -0.299 e. The van der Waals surface area contributed by atoms with E-state index in [2.05, 4.69) is 36.4 Å². The number of Topliss-reactive ketones (excluding diaryl/α,β-unsaturated/α-hetero) is 1. The van der Waals surface area contributed by atoms with Crippen LogP contribution in [0.15, 0.2) is 42.5 Å². The van der Waals surface area contributed by atoms with Crippen LogP contribution in [0.4, 0.5) is 0 Å². The number of hydrogen-bond acceptors (Lipinski definition) is 1. The molecule has 1 aromatic rings. The smallest absolute Gasteiger partial charge is 0.142 e. The molecule has 1 nitrogen and oxygen atoms in total. The Hall–Kier alpha value is -1.37. The number of benzene rings is 1. The lowest BCUT2D eigenvalue weighted by atomic mass is 9.70. The Balaban J connectivity index is 2.28. The molecule has 2 atom stereocenters. The molecule has 1 heteroatoms. The van der Waals surface area contributed by atoms with Gasteiger partial charge >= 0.3 is 0 Å². The van der Waals surface area contributed by atoms with Gasteiger partial charge in [-0.15, -0.1) is 0 Å². The molecule has 1 unspecified atom stereocenters. The van der Waals surface area contributed by atoms with Gasteiger partial charge in [-0.3, -0.25) is 4.79 Å². The Bertz CT molecular complexity index is 436. The molecule has 0 saturated heterocycles. The predicted molar refractivity (Wildman–Crippen MR) is 75.5 cm³/mol. The summed E-state index contributed by atoms with van der Waals surface area (Å²) in [6, 6.07) is 10.4. The van der Waals surface area contributed by atoms with E-state index in [1.807, 2.05) is 26.8 Å². The summed E-state index contributed by atoms with van der Waals surface area (Å²) < 4.78 is 0. The highest BCUT2D eigenvalue weighted by Gasteiger charge is 2.35. The fourth-order valence-corrected chi connectivity index (χ4v) is 2.73. The van der Waals surface area contributed by atoms with Crippen molar-refractivity contribution in [3.8, 4) is 0 Å². The van der Waals surface area contributed by atoms with Crippen LogP contribution >= 0.6 is 0 Å². The molecule has 0 heterocycles. The molecule has 0 spiro atoms. The molecule has 0 saturated carbocycles. The first-order valence-electron chi connectivity index (χ1n) is 6.74. The summed E-state index contributed by atoms with van der Waals surface area (Å²) in [7, 11) is 0. The normalized spacial score (nSPS) is 23.9. The van der Waals surface area contributed by atoms with Gasteiger partial charge in [0.25, 0.3) is 0 Å². The monoisotopic (exact) mass is 242 g/mol. The van der Waals surface area contributed by atoms with E-state index in [0.29, 0.717) is 11.7 Å². The Morgan fingerprint density at radius 3 is 2.28 bits per heavy atom. The van der Waals surface area contributed by atoms with E-state index in [0.717, 1.165) is 12.8 Å². The van der Waals surface area contributed by atoms with Crippen LogP contribution in [-0.2, 0) is 4.79 Å². The summed E-state index contributed by atoms with van der Waals surface area (Å²) >= 11 is 0. The van der Waals surface area contributed by atoms with Crippen LogP contribution in [0.5, 0.6) is 0 Å². The van der Waals surface area contributed by atoms with Gasteiger partial charge in [0.2, 0.25) is 0 Å². The van der Waals surface area contributed by atoms with Crippen LogP contribution in [0, 0.1) is 11.3 Å². The van der Waals surface area contributed by atoms with E-state index in [1.165, 1.54) is 5.56 Å². The summed E-state index contributed by atoms with van der Waals surface area (Å²) in [6.45, 7) is 6.07. The number of carbonyl (C=O) groups excluding carboxylic acids is 1. The van der Waals surface area contributed by atoms with Gasteiger partial charge in [-0.25, -0.2) is 0 Å². The van der Waals surface area contributed by atoms with Crippen molar-refractivity contribution in [3.63, 3.8) is 0 Å². The van der Waals surface area contributed by atoms with Crippen LogP contribution in [0.25, 0.3) is 0 Å². The van der Waals surface area contributed by atoms with Crippen molar-refractivity contribution < 1.29 is 4.79 Å². The third-order valence-electron chi connectivity index (χ3n) is 3.74. The Labute approximate surface area is 110 Å². The van der Waals surface area contributed by atoms with Crippen LogP contribution in [0.3, 0.4) is 0 Å². The van der Waals surface area contributed by atoms with Crippen LogP contribution in [0.1, 0.15) is 45.1 Å². The Morgan fingerprint density at radius 1 is 1.06 bits per heavy atom.